The number of carbonyl (C=O) groups is 3. The Kier molecular flexibility index (Phi) is 6.49. The number of carboxylic acid groups (broad SMARTS) is 2. The van der Waals surface area contributed by atoms with E-state index in [1.54, 1.807) is 19.1 Å². The molecule has 1 amide bonds. The number of aliphatic carboxylic acids is 2. The van der Waals surface area contributed by atoms with Gasteiger partial charge in [0.2, 0.25) is 5.91 Å². The number of amides is 1. The summed E-state index contributed by atoms with van der Waals surface area (Å²) < 4.78 is 0. The van der Waals surface area contributed by atoms with Gasteiger partial charge >= 0.3 is 11.9 Å². The van der Waals surface area contributed by atoms with Gasteiger partial charge in [0.05, 0.1) is 18.8 Å². The van der Waals surface area contributed by atoms with Crippen LogP contribution in [0.3, 0.4) is 0 Å². The first-order valence-electron chi connectivity index (χ1n) is 8.32. The molecule has 0 radical (unpaired) electrons. The molecule has 0 saturated carbocycles. The lowest BCUT2D eigenvalue weighted by molar-refractivity contribution is -0.144. The third kappa shape index (κ3) is 4.92. The van der Waals surface area contributed by atoms with E-state index in [9.17, 15) is 14.4 Å². The largest absolute Gasteiger partial charge is 0.481 e. The van der Waals surface area contributed by atoms with Crippen LogP contribution in [0.4, 0.5) is 5.69 Å². The molecule has 6 nitrogen and oxygen atoms in total. The highest BCUT2D eigenvalue weighted by atomic mass is 16.4. The molecule has 0 fully saturated rings. The van der Waals surface area contributed by atoms with Crippen molar-refractivity contribution in [1.29, 1.82) is 0 Å². The summed E-state index contributed by atoms with van der Waals surface area (Å²) in [5.41, 5.74) is 2.64. The molecule has 6 heteroatoms. The van der Waals surface area contributed by atoms with Crippen molar-refractivity contribution in [2.75, 3.05) is 11.4 Å². The van der Waals surface area contributed by atoms with Gasteiger partial charge in [0.15, 0.2) is 0 Å². The van der Waals surface area contributed by atoms with Crippen molar-refractivity contribution in [2.45, 2.75) is 19.8 Å². The quantitative estimate of drug-likeness (QED) is 0.758. The van der Waals surface area contributed by atoms with E-state index in [2.05, 4.69) is 0 Å². The van der Waals surface area contributed by atoms with Crippen LogP contribution in [-0.2, 0) is 14.4 Å². The predicted molar refractivity (Wildman–Crippen MR) is 97.9 cm³/mol. The minimum Gasteiger partial charge on any atom is -0.481 e. The molecule has 26 heavy (non-hydrogen) atoms. The lowest BCUT2D eigenvalue weighted by Gasteiger charge is -2.25. The van der Waals surface area contributed by atoms with E-state index >= 15 is 0 Å². The molecule has 2 N–H and O–H groups in total. The summed E-state index contributed by atoms with van der Waals surface area (Å²) in [5.74, 6) is -3.98. The molecule has 2 aromatic rings. The molecule has 0 aliphatic carbocycles. The van der Waals surface area contributed by atoms with Gasteiger partial charge in [-0.15, -0.1) is 0 Å². The number of hydrogen-bond donors (Lipinski definition) is 2. The fraction of sp³-hybridized carbons (Fsp3) is 0.250. The van der Waals surface area contributed by atoms with Gasteiger partial charge in [-0.05, 0) is 30.2 Å². The average Bonchev–Trinajstić information content (AvgIpc) is 2.62. The van der Waals surface area contributed by atoms with Crippen LogP contribution in [-0.4, -0.2) is 34.6 Å². The second-order valence-electron chi connectivity index (χ2n) is 5.89. The minimum atomic E-state index is -1.19. The number of carbonyl (C=O) groups excluding carboxylic acids is 1. The van der Waals surface area contributed by atoms with Crippen LogP contribution in [0.5, 0.6) is 0 Å². The second kappa shape index (κ2) is 8.80. The molecule has 136 valence electrons. The van der Waals surface area contributed by atoms with Crippen molar-refractivity contribution >= 4 is 23.5 Å². The van der Waals surface area contributed by atoms with E-state index in [1.165, 1.54) is 4.90 Å². The van der Waals surface area contributed by atoms with Gasteiger partial charge in [-0.25, -0.2) is 0 Å². The first kappa shape index (κ1) is 19.2. The van der Waals surface area contributed by atoms with Gasteiger partial charge in [-0.3, -0.25) is 14.4 Å². The first-order chi connectivity index (χ1) is 12.4. The molecule has 2 rings (SSSR count). The van der Waals surface area contributed by atoms with E-state index in [0.29, 0.717) is 12.2 Å². The predicted octanol–water partition coefficient (Wildman–Crippen LogP) is 3.27. The van der Waals surface area contributed by atoms with Crippen molar-refractivity contribution in [3.63, 3.8) is 0 Å². The van der Waals surface area contributed by atoms with E-state index < -0.39 is 36.6 Å². The van der Waals surface area contributed by atoms with Crippen LogP contribution in [0.25, 0.3) is 11.1 Å². The maximum absolute atomic E-state index is 12.7. The first-order valence-corrected chi connectivity index (χ1v) is 8.32. The Balaban J connectivity index is 2.24. The molecule has 0 aliphatic heterocycles. The van der Waals surface area contributed by atoms with Crippen molar-refractivity contribution in [3.05, 3.63) is 54.6 Å². The highest BCUT2D eigenvalue weighted by Gasteiger charge is 2.29. The van der Waals surface area contributed by atoms with Crippen LogP contribution in [0, 0.1) is 5.92 Å². The Morgan fingerprint density at radius 2 is 1.35 bits per heavy atom. The number of carboxylic acids is 2. The molecule has 0 bridgehead atoms. The highest BCUT2D eigenvalue weighted by molar-refractivity contribution is 5.98. The molecule has 0 aliphatic rings. The molecule has 0 spiro atoms. The summed E-state index contributed by atoms with van der Waals surface area (Å²) >= 11 is 0. The fourth-order valence-corrected chi connectivity index (χ4v) is 2.82. The van der Waals surface area contributed by atoms with Gasteiger partial charge < -0.3 is 15.1 Å². The number of anilines is 1. The summed E-state index contributed by atoms with van der Waals surface area (Å²) in [6, 6.07) is 17.1. The third-order valence-corrected chi connectivity index (χ3v) is 4.06. The normalized spacial score (nSPS) is 10.5. The summed E-state index contributed by atoms with van der Waals surface area (Å²) in [7, 11) is 0. The van der Waals surface area contributed by atoms with Gasteiger partial charge in [-0.1, -0.05) is 42.5 Å². The lowest BCUT2D eigenvalue weighted by Crippen LogP contribution is -2.38. The van der Waals surface area contributed by atoms with Crippen LogP contribution in [0.15, 0.2) is 54.6 Å². The van der Waals surface area contributed by atoms with Gasteiger partial charge in [0.25, 0.3) is 0 Å². The van der Waals surface area contributed by atoms with Crippen molar-refractivity contribution in [1.82, 2.24) is 0 Å². The van der Waals surface area contributed by atoms with Crippen molar-refractivity contribution < 1.29 is 24.6 Å². The zero-order chi connectivity index (χ0) is 19.1. The summed E-state index contributed by atoms with van der Waals surface area (Å²) in [5, 5.41) is 17.9. The van der Waals surface area contributed by atoms with Crippen molar-refractivity contribution in [2.24, 2.45) is 5.92 Å². The Hall–Kier alpha value is -3.15. The molecular weight excluding hydrogens is 334 g/mol. The molecule has 0 saturated heterocycles. The van der Waals surface area contributed by atoms with Gasteiger partial charge in [0, 0.05) is 12.2 Å². The van der Waals surface area contributed by atoms with Crippen molar-refractivity contribution in [3.8, 4) is 11.1 Å². The molecular formula is C20H21NO5. The standard InChI is InChI=1S/C20H21NO5/c1-2-21(20(26)16(12-18(22)23)13-19(24)25)17-10-8-15(9-11-17)14-6-4-3-5-7-14/h3-11,16H,2,12-13H2,1H3,(H,22,23)(H,24,25). The highest BCUT2D eigenvalue weighted by Crippen LogP contribution is 2.25. The number of rotatable bonds is 8. The van der Waals surface area contributed by atoms with E-state index in [4.69, 9.17) is 10.2 Å². The number of nitrogens with zero attached hydrogens (tertiary/aromatic N) is 1. The third-order valence-electron chi connectivity index (χ3n) is 4.06. The Morgan fingerprint density at radius 3 is 1.81 bits per heavy atom. The molecule has 0 atom stereocenters. The zero-order valence-corrected chi connectivity index (χ0v) is 14.5. The minimum absolute atomic E-state index is 0.319. The maximum atomic E-state index is 12.7. The zero-order valence-electron chi connectivity index (χ0n) is 14.5. The maximum Gasteiger partial charge on any atom is 0.304 e. The Labute approximate surface area is 151 Å². The fourth-order valence-electron chi connectivity index (χ4n) is 2.82. The van der Waals surface area contributed by atoms with Gasteiger partial charge in [0.1, 0.15) is 0 Å². The topological polar surface area (TPSA) is 94.9 Å². The van der Waals surface area contributed by atoms with E-state index in [0.717, 1.165) is 11.1 Å². The Morgan fingerprint density at radius 1 is 0.846 bits per heavy atom. The van der Waals surface area contributed by atoms with E-state index in [-0.39, 0.29) is 0 Å². The van der Waals surface area contributed by atoms with Gasteiger partial charge in [-0.2, -0.15) is 0 Å². The summed E-state index contributed by atoms with van der Waals surface area (Å²) in [4.78, 5) is 36.1. The van der Waals surface area contributed by atoms with Crippen LogP contribution < -0.4 is 4.90 Å². The van der Waals surface area contributed by atoms with Crippen LogP contribution in [0.2, 0.25) is 0 Å². The molecule has 2 aromatic carbocycles. The number of benzene rings is 2. The average molecular weight is 355 g/mol. The molecule has 0 unspecified atom stereocenters. The summed E-state index contributed by atoms with van der Waals surface area (Å²) in [6.45, 7) is 2.08. The lowest BCUT2D eigenvalue weighted by atomic mass is 9.99. The molecule has 0 heterocycles. The second-order valence-corrected chi connectivity index (χ2v) is 5.89. The SMILES string of the molecule is CCN(C(=O)C(CC(=O)O)CC(=O)O)c1ccc(-c2ccccc2)cc1. The smallest absolute Gasteiger partial charge is 0.304 e. The van der Waals surface area contributed by atoms with E-state index in [1.807, 2.05) is 42.5 Å². The number of hydrogen-bond acceptors (Lipinski definition) is 3. The monoisotopic (exact) mass is 355 g/mol. The molecule has 0 aromatic heterocycles. The van der Waals surface area contributed by atoms with Crippen LogP contribution >= 0.6 is 0 Å². The van der Waals surface area contributed by atoms with Crippen LogP contribution in [0.1, 0.15) is 19.8 Å². The summed E-state index contributed by atoms with van der Waals surface area (Å²) in [6.07, 6.45) is -1.02. The Bertz CT molecular complexity index is 755.